The summed E-state index contributed by atoms with van der Waals surface area (Å²) < 4.78 is 173. The van der Waals surface area contributed by atoms with E-state index in [1.54, 1.807) is 0 Å². The van der Waals surface area contributed by atoms with Crippen molar-refractivity contribution in [2.75, 3.05) is 11.0 Å². The first-order valence-corrected chi connectivity index (χ1v) is 25.0. The Morgan fingerprint density at radius 2 is 1.69 bits per heavy atom. The third-order valence-electron chi connectivity index (χ3n) is 12.7. The highest BCUT2D eigenvalue weighted by molar-refractivity contribution is 7.93. The molecule has 26 heteroatoms. The molecule has 9 rings (SSSR count). The lowest BCUT2D eigenvalue weighted by atomic mass is 9.77. The summed E-state index contributed by atoms with van der Waals surface area (Å²) in [5.74, 6) is -4.16. The molecule has 2 radical (unpaired) electrons. The van der Waals surface area contributed by atoms with E-state index in [9.17, 15) is 48.0 Å². The zero-order valence-electron chi connectivity index (χ0n) is 36.7. The van der Waals surface area contributed by atoms with Gasteiger partial charge in [-0.25, -0.2) is 48.2 Å². The molecule has 366 valence electrons. The van der Waals surface area contributed by atoms with Crippen molar-refractivity contribution in [3.05, 3.63) is 109 Å². The molecule has 6 aromatic rings. The standard InChI is InChI=1S/C44H36BClF8N8O6S2/c1-42(2,69(3,65)66)11-10-20-4-7-25-28(14-20)56-40(62(41(25)64)30-9-8-27(46)34-36(30)60(18-31(49)50)58-39(34)59-70(67,68)24-5-6-24)29(15-21-12-22(47)16-23(48)13-21)55-32(63)19-61-37-33(35(57-61)38(51)52)26-17-43(26,45)44(37,53)54/h4,7-9,12-14,16,24,26,29,31,38H,5-6,15,17-19H2,1-3H3,(H,55,63)(H,58,59)/t26?,29-,43-/m0/s1. The van der Waals surface area contributed by atoms with Crippen LogP contribution in [0.3, 0.4) is 0 Å². The van der Waals surface area contributed by atoms with E-state index in [0.717, 1.165) is 23.0 Å². The Morgan fingerprint density at radius 3 is 2.31 bits per heavy atom. The molecule has 0 saturated heterocycles. The lowest BCUT2D eigenvalue weighted by Crippen LogP contribution is -2.38. The van der Waals surface area contributed by atoms with E-state index >= 15 is 13.6 Å². The van der Waals surface area contributed by atoms with E-state index in [1.807, 2.05) is 0 Å². The number of hydrogen-bond acceptors (Lipinski definition) is 9. The van der Waals surface area contributed by atoms with E-state index in [1.165, 1.54) is 44.2 Å². The maximum absolute atomic E-state index is 15.9. The predicted molar refractivity (Wildman–Crippen MR) is 241 cm³/mol. The van der Waals surface area contributed by atoms with Crippen molar-refractivity contribution in [1.29, 1.82) is 0 Å². The van der Waals surface area contributed by atoms with Gasteiger partial charge in [0.25, 0.3) is 24.3 Å². The van der Waals surface area contributed by atoms with Crippen LogP contribution in [-0.4, -0.2) is 82.4 Å². The lowest BCUT2D eigenvalue weighted by molar-refractivity contribution is -0.123. The molecule has 3 aliphatic carbocycles. The SMILES string of the molecule is [B][C@@]12CC1c1c(C(F)F)nn(CC(=O)N[C@@H](Cc3cc(F)cc(F)c3)c3nc4cc(C#CC(C)(C)S(C)(=O)=O)ccc4c(=O)n3-c3ccc(Cl)c4c(NS(=O)(=O)C5CC5)nn(CC(F)F)c34)c1C2(F)F. The summed E-state index contributed by atoms with van der Waals surface area (Å²) in [5, 5.41) is 6.61. The molecule has 3 aromatic carbocycles. The number of halogens is 9. The fourth-order valence-corrected chi connectivity index (χ4v) is 10.4. The van der Waals surface area contributed by atoms with Gasteiger partial charge in [-0.05, 0) is 87.1 Å². The first-order valence-electron chi connectivity index (χ1n) is 21.2. The zero-order valence-corrected chi connectivity index (χ0v) is 39.1. The number of carbonyl (C=O) groups excluding carboxylic acids is 1. The van der Waals surface area contributed by atoms with Crippen LogP contribution in [0.2, 0.25) is 10.3 Å². The summed E-state index contributed by atoms with van der Waals surface area (Å²) in [6, 6.07) is 6.72. The molecule has 3 heterocycles. The second kappa shape index (κ2) is 16.8. The third-order valence-corrected chi connectivity index (χ3v) is 16.8. The number of hydrogen-bond donors (Lipinski definition) is 2. The molecule has 1 unspecified atom stereocenters. The third kappa shape index (κ3) is 8.48. The average Bonchev–Trinajstić information content (AvgIpc) is 4.14. The number of amides is 1. The van der Waals surface area contributed by atoms with Crippen LogP contribution in [0.4, 0.5) is 40.9 Å². The fraction of sp³-hybridized carbons (Fsp3) is 0.386. The minimum Gasteiger partial charge on any atom is -0.344 e. The maximum Gasteiger partial charge on any atom is 0.288 e. The molecule has 0 spiro atoms. The predicted octanol–water partition coefficient (Wildman–Crippen LogP) is 7.17. The van der Waals surface area contributed by atoms with E-state index in [0.29, 0.717) is 28.3 Å². The number of rotatable bonds is 14. The average molecular weight is 1040 g/mol. The van der Waals surface area contributed by atoms with E-state index in [4.69, 9.17) is 24.4 Å². The van der Waals surface area contributed by atoms with Gasteiger partial charge in [0.1, 0.15) is 46.7 Å². The van der Waals surface area contributed by atoms with Crippen LogP contribution >= 0.6 is 11.6 Å². The van der Waals surface area contributed by atoms with Gasteiger partial charge in [-0.3, -0.25) is 28.2 Å². The van der Waals surface area contributed by atoms with Gasteiger partial charge in [0.05, 0.1) is 51.7 Å². The molecule has 1 amide bonds. The van der Waals surface area contributed by atoms with Crippen LogP contribution in [-0.2, 0) is 50.1 Å². The van der Waals surface area contributed by atoms with Gasteiger partial charge in [-0.1, -0.05) is 23.4 Å². The Kier molecular flexibility index (Phi) is 11.8. The van der Waals surface area contributed by atoms with Crippen LogP contribution in [0.15, 0.2) is 53.3 Å². The molecule has 70 heavy (non-hydrogen) atoms. The van der Waals surface area contributed by atoms with Crippen molar-refractivity contribution >= 4 is 72.8 Å². The quantitative estimate of drug-likeness (QED) is 0.0650. The molecular weight excluding hydrogens is 999 g/mol. The molecule has 0 bridgehead atoms. The number of nitrogens with one attached hydrogen (secondary N) is 2. The summed E-state index contributed by atoms with van der Waals surface area (Å²) in [4.78, 5) is 34.1. The van der Waals surface area contributed by atoms with Crippen molar-refractivity contribution < 1.29 is 56.8 Å². The second-order valence-corrected chi connectivity index (χ2v) is 22.9. The van der Waals surface area contributed by atoms with Gasteiger partial charge in [0, 0.05) is 35.2 Å². The summed E-state index contributed by atoms with van der Waals surface area (Å²) in [6.45, 7) is 0.335. The number of fused-ring (bicyclic) bond motifs is 5. The zero-order chi connectivity index (χ0) is 50.8. The first kappa shape index (κ1) is 49.0. The summed E-state index contributed by atoms with van der Waals surface area (Å²) in [6.07, 6.45) is -5.92. The molecule has 2 N–H and O–H groups in total. The highest BCUT2D eigenvalue weighted by atomic mass is 35.5. The van der Waals surface area contributed by atoms with Gasteiger partial charge in [0.15, 0.2) is 15.7 Å². The van der Waals surface area contributed by atoms with Crippen molar-refractivity contribution in [2.45, 2.75) is 98.7 Å². The van der Waals surface area contributed by atoms with E-state index in [2.05, 4.69) is 32.1 Å². The first-order chi connectivity index (χ1) is 32.6. The number of sulfonamides is 1. The number of carbonyl (C=O) groups is 1. The molecular formula is C44H36BClF8N8O6S2. The smallest absolute Gasteiger partial charge is 0.288 e. The van der Waals surface area contributed by atoms with Gasteiger partial charge in [-0.2, -0.15) is 19.0 Å². The maximum atomic E-state index is 15.9. The van der Waals surface area contributed by atoms with Crippen molar-refractivity contribution in [2.24, 2.45) is 0 Å². The molecule has 14 nitrogen and oxygen atoms in total. The molecule has 3 aromatic heterocycles. The van der Waals surface area contributed by atoms with Gasteiger partial charge >= 0.3 is 0 Å². The van der Waals surface area contributed by atoms with Crippen molar-refractivity contribution in [3.8, 4) is 17.5 Å². The summed E-state index contributed by atoms with van der Waals surface area (Å²) in [7, 11) is -1.94. The topological polar surface area (TPSA) is 180 Å². The number of nitrogens with zero attached hydrogens (tertiary/aromatic N) is 6. The monoisotopic (exact) mass is 1030 g/mol. The number of alkyl halides is 6. The van der Waals surface area contributed by atoms with Crippen LogP contribution in [0.1, 0.15) is 85.4 Å². The van der Waals surface area contributed by atoms with Crippen molar-refractivity contribution in [3.63, 3.8) is 0 Å². The second-order valence-electron chi connectivity index (χ2n) is 18.0. The van der Waals surface area contributed by atoms with E-state index in [-0.39, 0.29) is 50.1 Å². The summed E-state index contributed by atoms with van der Waals surface area (Å²) >= 11 is 6.65. The molecule has 2 fully saturated rings. The number of benzene rings is 3. The Morgan fingerprint density at radius 1 is 1.00 bits per heavy atom. The summed E-state index contributed by atoms with van der Waals surface area (Å²) in [5.41, 5.74) is -4.51. The number of sulfone groups is 1. The van der Waals surface area contributed by atoms with Crippen molar-refractivity contribution in [1.82, 2.24) is 34.4 Å². The Hall–Kier alpha value is -6.00. The highest BCUT2D eigenvalue weighted by Gasteiger charge is 2.75. The van der Waals surface area contributed by atoms with E-state index < -0.39 is 137 Å². The molecule has 2 saturated carbocycles. The Labute approximate surface area is 399 Å². The van der Waals surface area contributed by atoms with Crippen LogP contribution < -0.4 is 15.6 Å². The van der Waals surface area contributed by atoms with Crippen LogP contribution in [0.5, 0.6) is 0 Å². The minimum atomic E-state index is -4.13. The number of anilines is 1. The van der Waals surface area contributed by atoms with Crippen LogP contribution in [0.25, 0.3) is 27.5 Å². The van der Waals surface area contributed by atoms with Crippen LogP contribution in [0, 0.1) is 23.5 Å². The molecule has 3 aliphatic rings. The Balaban J connectivity index is 1.28. The fourth-order valence-electron chi connectivity index (χ4n) is 8.63. The highest BCUT2D eigenvalue weighted by Crippen LogP contribution is 2.80. The van der Waals surface area contributed by atoms with Gasteiger partial charge in [0.2, 0.25) is 15.9 Å². The lowest BCUT2D eigenvalue weighted by Gasteiger charge is -2.25. The molecule has 0 aliphatic heterocycles. The largest absolute Gasteiger partial charge is 0.344 e. The normalized spacial score (nSPS) is 19.0. The number of aromatic nitrogens is 6. The minimum absolute atomic E-state index is 0.114. The Bertz CT molecular complexity index is 3560. The van der Waals surface area contributed by atoms with Gasteiger partial charge in [-0.15, -0.1) is 0 Å². The molecule has 3 atom stereocenters. The van der Waals surface area contributed by atoms with Gasteiger partial charge < -0.3 is 5.32 Å².